The van der Waals surface area contributed by atoms with Gasteiger partial charge in [-0.05, 0) is 25.2 Å². The molecular weight excluding hydrogens is 206 g/mol. The first kappa shape index (κ1) is 13.4. The van der Waals surface area contributed by atoms with Gasteiger partial charge in [0.1, 0.15) is 6.10 Å². The van der Waals surface area contributed by atoms with Crippen molar-refractivity contribution in [1.29, 1.82) is 0 Å². The first-order valence-corrected chi connectivity index (χ1v) is 6.48. The minimum atomic E-state index is -0.747. The van der Waals surface area contributed by atoms with E-state index in [4.69, 9.17) is 0 Å². The highest BCUT2D eigenvalue weighted by Gasteiger charge is 2.35. The highest BCUT2D eigenvalue weighted by molar-refractivity contribution is 4.79. The fourth-order valence-corrected chi connectivity index (χ4v) is 2.60. The van der Waals surface area contributed by atoms with Crippen LogP contribution in [0.2, 0.25) is 0 Å². The van der Waals surface area contributed by atoms with Crippen molar-refractivity contribution in [3.8, 4) is 0 Å². The Bertz CT molecular complexity index is 214. The summed E-state index contributed by atoms with van der Waals surface area (Å²) >= 11 is 0. The van der Waals surface area contributed by atoms with Crippen LogP contribution in [0.5, 0.6) is 0 Å². The zero-order valence-corrected chi connectivity index (χ0v) is 10.1. The average molecular weight is 229 g/mol. The van der Waals surface area contributed by atoms with E-state index in [1.165, 1.54) is 6.42 Å². The molecule has 0 aromatic heterocycles. The number of nitrogens with zero attached hydrogens (tertiary/aromatic N) is 1. The van der Waals surface area contributed by atoms with Gasteiger partial charge in [0.25, 0.3) is 0 Å². The smallest absolute Gasteiger partial charge is 0.238 e. The fourth-order valence-electron chi connectivity index (χ4n) is 2.60. The molecule has 2 atom stereocenters. The Morgan fingerprint density at radius 3 is 2.50 bits per heavy atom. The number of nitro groups is 1. The highest BCUT2D eigenvalue weighted by Crippen LogP contribution is 2.29. The zero-order valence-electron chi connectivity index (χ0n) is 10.1. The largest absolute Gasteiger partial charge is 0.386 e. The van der Waals surface area contributed by atoms with Crippen LogP contribution in [0.3, 0.4) is 0 Å². The third kappa shape index (κ3) is 3.74. The van der Waals surface area contributed by atoms with Gasteiger partial charge in [0.15, 0.2) is 0 Å². The summed E-state index contributed by atoms with van der Waals surface area (Å²) in [5.41, 5.74) is 0. The van der Waals surface area contributed by atoms with Crippen molar-refractivity contribution in [3.63, 3.8) is 0 Å². The number of rotatable bonds is 6. The first-order valence-electron chi connectivity index (χ1n) is 6.48. The number of hydrogen-bond donors (Lipinski definition) is 1. The number of aliphatic hydroxyl groups is 1. The molecule has 1 N–H and O–H groups in total. The summed E-state index contributed by atoms with van der Waals surface area (Å²) in [6.45, 7) is 2.02. The van der Waals surface area contributed by atoms with Gasteiger partial charge in [-0.3, -0.25) is 10.1 Å². The van der Waals surface area contributed by atoms with Crippen LogP contribution >= 0.6 is 0 Å². The summed E-state index contributed by atoms with van der Waals surface area (Å²) in [7, 11) is 0. The molecule has 0 aromatic carbocycles. The Labute approximate surface area is 97.2 Å². The molecule has 4 nitrogen and oxygen atoms in total. The molecule has 0 radical (unpaired) electrons. The van der Waals surface area contributed by atoms with Crippen molar-refractivity contribution in [1.82, 2.24) is 0 Å². The van der Waals surface area contributed by atoms with E-state index in [2.05, 4.69) is 0 Å². The van der Waals surface area contributed by atoms with Crippen molar-refractivity contribution in [3.05, 3.63) is 10.1 Å². The van der Waals surface area contributed by atoms with Gasteiger partial charge in [0.2, 0.25) is 6.04 Å². The van der Waals surface area contributed by atoms with Crippen LogP contribution in [0.1, 0.15) is 58.3 Å². The van der Waals surface area contributed by atoms with Crippen LogP contribution in [0.25, 0.3) is 0 Å². The minimum absolute atomic E-state index is 0.154. The van der Waals surface area contributed by atoms with E-state index >= 15 is 0 Å². The monoisotopic (exact) mass is 229 g/mol. The molecule has 0 heterocycles. The highest BCUT2D eigenvalue weighted by atomic mass is 16.6. The number of unbranched alkanes of at least 4 members (excludes halogenated alkanes) is 1. The molecule has 16 heavy (non-hydrogen) atoms. The average Bonchev–Trinajstić information content (AvgIpc) is 2.30. The van der Waals surface area contributed by atoms with E-state index in [9.17, 15) is 15.2 Å². The maximum Gasteiger partial charge on any atom is 0.238 e. The standard InChI is InChI=1S/C12H23NO3/c1-2-3-9-11(13(15)16)12(14)10-7-5-4-6-8-10/h10-12,14H,2-9H2,1H3/t11-,12+/m1/s1. The van der Waals surface area contributed by atoms with Crippen LogP contribution in [-0.2, 0) is 0 Å². The van der Waals surface area contributed by atoms with Crippen molar-refractivity contribution in [2.24, 2.45) is 5.92 Å². The molecule has 0 spiro atoms. The molecule has 0 saturated heterocycles. The summed E-state index contributed by atoms with van der Waals surface area (Å²) in [6.07, 6.45) is 6.90. The van der Waals surface area contributed by atoms with E-state index < -0.39 is 12.1 Å². The summed E-state index contributed by atoms with van der Waals surface area (Å²) in [5, 5.41) is 21.0. The molecule has 0 aromatic rings. The van der Waals surface area contributed by atoms with Crippen LogP contribution in [0.15, 0.2) is 0 Å². The molecule has 94 valence electrons. The van der Waals surface area contributed by atoms with Gasteiger partial charge in [-0.2, -0.15) is 0 Å². The normalized spacial score (nSPS) is 21.6. The summed E-state index contributed by atoms with van der Waals surface area (Å²) in [5.74, 6) is 0.154. The van der Waals surface area contributed by atoms with E-state index in [0.717, 1.165) is 38.5 Å². The van der Waals surface area contributed by atoms with Crippen molar-refractivity contribution in [2.75, 3.05) is 0 Å². The van der Waals surface area contributed by atoms with Gasteiger partial charge >= 0.3 is 0 Å². The summed E-state index contributed by atoms with van der Waals surface area (Å²) in [6, 6.07) is -0.747. The Morgan fingerprint density at radius 1 is 1.38 bits per heavy atom. The topological polar surface area (TPSA) is 63.4 Å². The van der Waals surface area contributed by atoms with E-state index in [-0.39, 0.29) is 10.8 Å². The number of hydrogen-bond acceptors (Lipinski definition) is 3. The molecule has 0 aliphatic heterocycles. The molecule has 1 saturated carbocycles. The third-order valence-corrected chi connectivity index (χ3v) is 3.65. The quantitative estimate of drug-likeness (QED) is 0.562. The second-order valence-corrected chi connectivity index (χ2v) is 4.88. The van der Waals surface area contributed by atoms with Gasteiger partial charge in [-0.1, -0.05) is 32.6 Å². The van der Waals surface area contributed by atoms with Crippen molar-refractivity contribution in [2.45, 2.75) is 70.4 Å². The molecular formula is C12H23NO3. The molecule has 1 aliphatic carbocycles. The molecule has 4 heteroatoms. The molecule has 1 rings (SSSR count). The van der Waals surface area contributed by atoms with E-state index in [0.29, 0.717) is 6.42 Å². The van der Waals surface area contributed by atoms with Crippen LogP contribution in [0, 0.1) is 16.0 Å². The van der Waals surface area contributed by atoms with Gasteiger partial charge in [-0.25, -0.2) is 0 Å². The lowest BCUT2D eigenvalue weighted by atomic mass is 9.82. The SMILES string of the molecule is CCCC[C@H]([C@@H](O)C1CCCCC1)[N+](=O)[O-]. The first-order chi connectivity index (χ1) is 7.66. The maximum absolute atomic E-state index is 10.9. The lowest BCUT2D eigenvalue weighted by Gasteiger charge is -2.28. The van der Waals surface area contributed by atoms with E-state index in [1.54, 1.807) is 0 Å². The maximum atomic E-state index is 10.9. The van der Waals surface area contributed by atoms with Gasteiger partial charge in [-0.15, -0.1) is 0 Å². The molecule has 0 bridgehead atoms. The second-order valence-electron chi connectivity index (χ2n) is 4.88. The van der Waals surface area contributed by atoms with Crippen LogP contribution in [-0.4, -0.2) is 22.2 Å². The molecule has 1 fully saturated rings. The van der Waals surface area contributed by atoms with Gasteiger partial charge in [0, 0.05) is 11.3 Å². The Hall–Kier alpha value is -0.640. The fraction of sp³-hybridized carbons (Fsp3) is 1.00. The second kappa shape index (κ2) is 6.84. The summed E-state index contributed by atoms with van der Waals surface area (Å²) in [4.78, 5) is 10.7. The van der Waals surface area contributed by atoms with Crippen molar-refractivity contribution >= 4 is 0 Å². The Kier molecular flexibility index (Phi) is 5.74. The van der Waals surface area contributed by atoms with E-state index in [1.807, 2.05) is 6.92 Å². The molecule has 0 amide bonds. The predicted octanol–water partition coefficient (Wildman–Crippen LogP) is 2.76. The van der Waals surface area contributed by atoms with Gasteiger partial charge in [0.05, 0.1) is 0 Å². The molecule has 1 aliphatic rings. The van der Waals surface area contributed by atoms with Crippen molar-refractivity contribution < 1.29 is 10.0 Å². The number of aliphatic hydroxyl groups excluding tert-OH is 1. The minimum Gasteiger partial charge on any atom is -0.386 e. The Balaban J connectivity index is 2.50. The van der Waals surface area contributed by atoms with Gasteiger partial charge < -0.3 is 5.11 Å². The lowest BCUT2D eigenvalue weighted by molar-refractivity contribution is -0.537. The zero-order chi connectivity index (χ0) is 12.0. The predicted molar refractivity (Wildman–Crippen MR) is 62.9 cm³/mol. The lowest BCUT2D eigenvalue weighted by Crippen LogP contribution is -2.39. The van der Waals surface area contributed by atoms with Crippen LogP contribution in [0.4, 0.5) is 0 Å². The third-order valence-electron chi connectivity index (χ3n) is 3.65. The Morgan fingerprint density at radius 2 is 2.00 bits per heavy atom. The molecule has 0 unspecified atom stereocenters. The van der Waals surface area contributed by atoms with Crippen LogP contribution < -0.4 is 0 Å². The summed E-state index contributed by atoms with van der Waals surface area (Å²) < 4.78 is 0.